The zero-order valence-corrected chi connectivity index (χ0v) is 7.60. The van der Waals surface area contributed by atoms with Crippen LogP contribution < -0.4 is 0 Å². The second-order valence-electron chi connectivity index (χ2n) is 3.84. The molecule has 0 aromatic heterocycles. The van der Waals surface area contributed by atoms with Crippen LogP contribution in [0.25, 0.3) is 0 Å². The van der Waals surface area contributed by atoms with Crippen molar-refractivity contribution in [3.8, 4) is 18.2 Å². The van der Waals surface area contributed by atoms with Crippen molar-refractivity contribution in [2.24, 2.45) is 17.3 Å². The lowest BCUT2D eigenvalue weighted by Gasteiger charge is -2.32. The maximum Gasteiger partial charge on any atom is 0.173 e. The fourth-order valence-corrected chi connectivity index (χ4v) is 2.55. The Hall–Kier alpha value is -1.57. The van der Waals surface area contributed by atoms with E-state index >= 15 is 0 Å². The smallest absolute Gasteiger partial charge is 0.173 e. The summed E-state index contributed by atoms with van der Waals surface area (Å²) in [7, 11) is 0. The molecular weight excluding hydrogens is 178 g/mol. The molecule has 4 heteroatoms. The van der Waals surface area contributed by atoms with E-state index in [1.54, 1.807) is 0 Å². The van der Waals surface area contributed by atoms with E-state index in [4.69, 9.17) is 20.5 Å². The third kappa shape index (κ3) is 0.882. The van der Waals surface area contributed by atoms with E-state index < -0.39 is 11.5 Å². The first-order valence-electron chi connectivity index (χ1n) is 4.62. The van der Waals surface area contributed by atoms with E-state index in [-0.39, 0.29) is 11.8 Å². The summed E-state index contributed by atoms with van der Waals surface area (Å²) in [6.45, 7) is 0.568. The first-order valence-corrected chi connectivity index (χ1v) is 4.62. The number of ether oxygens (including phenoxy) is 1. The minimum atomic E-state index is -1.07. The Balaban J connectivity index is 2.43. The summed E-state index contributed by atoms with van der Waals surface area (Å²) in [6, 6.07) is 6.24. The number of nitriles is 3. The molecule has 14 heavy (non-hydrogen) atoms. The number of rotatable bonds is 0. The molecule has 0 N–H and O–H groups in total. The van der Waals surface area contributed by atoms with Gasteiger partial charge in [-0.1, -0.05) is 0 Å². The lowest BCUT2D eigenvalue weighted by Crippen LogP contribution is -2.41. The van der Waals surface area contributed by atoms with E-state index in [2.05, 4.69) is 18.2 Å². The van der Waals surface area contributed by atoms with E-state index in [0.29, 0.717) is 13.0 Å². The van der Waals surface area contributed by atoms with Gasteiger partial charge in [-0.05, 0) is 18.8 Å². The van der Waals surface area contributed by atoms with Crippen LogP contribution in [0.5, 0.6) is 0 Å². The van der Waals surface area contributed by atoms with Gasteiger partial charge in [-0.3, -0.25) is 0 Å². The normalized spacial score (nSPS) is 37.9. The molecule has 0 aromatic rings. The van der Waals surface area contributed by atoms with Crippen molar-refractivity contribution < 1.29 is 4.74 Å². The summed E-state index contributed by atoms with van der Waals surface area (Å²) < 4.78 is 5.40. The molecule has 2 aliphatic rings. The largest absolute Gasteiger partial charge is 0.374 e. The van der Waals surface area contributed by atoms with Gasteiger partial charge in [0.1, 0.15) is 6.10 Å². The predicted molar refractivity (Wildman–Crippen MR) is 45.2 cm³/mol. The van der Waals surface area contributed by atoms with Crippen molar-refractivity contribution in [2.75, 3.05) is 6.61 Å². The summed E-state index contributed by atoms with van der Waals surface area (Å²) in [5.41, 5.74) is -1.07. The van der Waals surface area contributed by atoms with Gasteiger partial charge < -0.3 is 4.74 Å². The average molecular weight is 187 g/mol. The summed E-state index contributed by atoms with van der Waals surface area (Å²) in [5, 5.41) is 27.0. The summed E-state index contributed by atoms with van der Waals surface area (Å²) in [4.78, 5) is 0. The minimum Gasteiger partial charge on any atom is -0.374 e. The molecule has 1 saturated heterocycles. The SMILES string of the molecule is N#CC1CC2CCOC1C2(C#N)C#N. The van der Waals surface area contributed by atoms with Gasteiger partial charge in [0, 0.05) is 6.61 Å². The lowest BCUT2D eigenvalue weighted by molar-refractivity contribution is -0.0379. The van der Waals surface area contributed by atoms with Crippen LogP contribution in [0.15, 0.2) is 0 Å². The van der Waals surface area contributed by atoms with E-state index in [1.165, 1.54) is 0 Å². The molecular formula is C10H9N3O. The standard InChI is InChI=1S/C10H9N3O/c11-4-7-3-8-1-2-14-9(7)10(8,5-12)6-13/h7-9H,1-3H2. The van der Waals surface area contributed by atoms with Crippen molar-refractivity contribution in [3.63, 3.8) is 0 Å². The summed E-state index contributed by atoms with van der Waals surface area (Å²) in [5.74, 6) is -0.275. The topological polar surface area (TPSA) is 80.6 Å². The third-order valence-corrected chi connectivity index (χ3v) is 3.30. The van der Waals surface area contributed by atoms with Gasteiger partial charge >= 0.3 is 0 Å². The molecule has 3 atom stereocenters. The molecule has 2 bridgehead atoms. The maximum absolute atomic E-state index is 9.07. The second-order valence-corrected chi connectivity index (χ2v) is 3.84. The van der Waals surface area contributed by atoms with Gasteiger partial charge in [0.15, 0.2) is 5.41 Å². The van der Waals surface area contributed by atoms with Crippen LogP contribution in [-0.2, 0) is 4.74 Å². The van der Waals surface area contributed by atoms with E-state index in [0.717, 1.165) is 6.42 Å². The Bertz CT molecular complexity index is 356. The highest BCUT2D eigenvalue weighted by Gasteiger charge is 2.59. The van der Waals surface area contributed by atoms with Crippen molar-refractivity contribution in [1.82, 2.24) is 0 Å². The molecule has 1 saturated carbocycles. The van der Waals surface area contributed by atoms with Gasteiger partial charge in [-0.15, -0.1) is 0 Å². The first kappa shape index (κ1) is 9.00. The number of nitrogens with zero attached hydrogens (tertiary/aromatic N) is 3. The highest BCUT2D eigenvalue weighted by molar-refractivity contribution is 5.28. The quantitative estimate of drug-likeness (QED) is 0.565. The highest BCUT2D eigenvalue weighted by atomic mass is 16.5. The van der Waals surface area contributed by atoms with Gasteiger partial charge in [0.25, 0.3) is 0 Å². The van der Waals surface area contributed by atoms with Crippen LogP contribution in [0.2, 0.25) is 0 Å². The monoisotopic (exact) mass is 187 g/mol. The fourth-order valence-electron chi connectivity index (χ4n) is 2.55. The Morgan fingerprint density at radius 2 is 1.93 bits per heavy atom. The number of fused-ring (bicyclic) bond motifs is 2. The molecule has 0 spiro atoms. The minimum absolute atomic E-state index is 0.0147. The molecule has 2 rings (SSSR count). The molecule has 0 aromatic carbocycles. The van der Waals surface area contributed by atoms with Gasteiger partial charge in [0.05, 0.1) is 24.1 Å². The molecule has 1 aliphatic heterocycles. The highest BCUT2D eigenvalue weighted by Crippen LogP contribution is 2.51. The van der Waals surface area contributed by atoms with Crippen molar-refractivity contribution in [2.45, 2.75) is 18.9 Å². The molecule has 4 nitrogen and oxygen atoms in total. The van der Waals surface area contributed by atoms with Crippen molar-refractivity contribution in [3.05, 3.63) is 0 Å². The van der Waals surface area contributed by atoms with Crippen LogP contribution in [0.3, 0.4) is 0 Å². The van der Waals surface area contributed by atoms with Gasteiger partial charge in [-0.2, -0.15) is 15.8 Å². The van der Waals surface area contributed by atoms with Crippen molar-refractivity contribution in [1.29, 1.82) is 15.8 Å². The zero-order valence-electron chi connectivity index (χ0n) is 7.60. The van der Waals surface area contributed by atoms with E-state index in [9.17, 15) is 0 Å². The lowest BCUT2D eigenvalue weighted by atomic mass is 9.76. The fraction of sp³-hybridized carbons (Fsp3) is 0.700. The molecule has 1 heterocycles. The molecule has 0 radical (unpaired) electrons. The van der Waals surface area contributed by atoms with Crippen molar-refractivity contribution >= 4 is 0 Å². The molecule has 1 aliphatic carbocycles. The Kier molecular flexibility index (Phi) is 1.92. The average Bonchev–Trinajstić information content (AvgIpc) is 2.39. The number of hydrogen-bond donors (Lipinski definition) is 0. The molecule has 3 unspecified atom stereocenters. The van der Waals surface area contributed by atoms with Crippen LogP contribution in [0.1, 0.15) is 12.8 Å². The molecule has 70 valence electrons. The molecule has 2 fully saturated rings. The predicted octanol–water partition coefficient (Wildman–Crippen LogP) is 0.969. The Labute approximate surface area is 82.3 Å². The Morgan fingerprint density at radius 1 is 1.21 bits per heavy atom. The Morgan fingerprint density at radius 3 is 2.43 bits per heavy atom. The van der Waals surface area contributed by atoms with Gasteiger partial charge in [0.2, 0.25) is 0 Å². The maximum atomic E-state index is 9.07. The zero-order chi connectivity index (χ0) is 10.2. The van der Waals surface area contributed by atoms with E-state index in [1.807, 2.05) is 0 Å². The van der Waals surface area contributed by atoms with Gasteiger partial charge in [-0.25, -0.2) is 0 Å². The van der Waals surface area contributed by atoms with Crippen LogP contribution in [0.4, 0.5) is 0 Å². The van der Waals surface area contributed by atoms with Crippen LogP contribution in [0, 0.1) is 51.2 Å². The summed E-state index contributed by atoms with van der Waals surface area (Å²) >= 11 is 0. The summed E-state index contributed by atoms with van der Waals surface area (Å²) in [6.07, 6.45) is 0.846. The second kappa shape index (κ2) is 2.98. The van der Waals surface area contributed by atoms with Crippen LogP contribution in [-0.4, -0.2) is 12.7 Å². The number of hydrogen-bond acceptors (Lipinski definition) is 4. The first-order chi connectivity index (χ1) is 6.78. The van der Waals surface area contributed by atoms with Crippen LogP contribution >= 0.6 is 0 Å². The molecule has 0 amide bonds. The third-order valence-electron chi connectivity index (χ3n) is 3.30.